The molecule has 1 spiro atoms. The first-order valence-electron chi connectivity index (χ1n) is 10.3. The summed E-state index contributed by atoms with van der Waals surface area (Å²) >= 11 is 0. The molecule has 0 aromatic carbocycles. The molecular formula is C23H36O5. The van der Waals surface area contributed by atoms with Crippen molar-refractivity contribution in [3.63, 3.8) is 0 Å². The molecule has 0 bridgehead atoms. The monoisotopic (exact) mass is 392 g/mol. The van der Waals surface area contributed by atoms with Crippen molar-refractivity contribution >= 4 is 5.97 Å². The zero-order valence-corrected chi connectivity index (χ0v) is 18.3. The third-order valence-corrected chi connectivity index (χ3v) is 6.23. The molecule has 158 valence electrons. The number of aliphatic carboxylic acids is 1. The van der Waals surface area contributed by atoms with Crippen molar-refractivity contribution in [2.75, 3.05) is 0 Å². The second kappa shape index (κ2) is 8.13. The number of allylic oxidation sites excluding steroid dienone is 2. The minimum atomic E-state index is -1.21. The lowest BCUT2D eigenvalue weighted by Gasteiger charge is -2.49. The van der Waals surface area contributed by atoms with E-state index in [4.69, 9.17) is 9.47 Å². The van der Waals surface area contributed by atoms with Gasteiger partial charge in [0.15, 0.2) is 5.79 Å². The molecular weight excluding hydrogens is 356 g/mol. The highest BCUT2D eigenvalue weighted by molar-refractivity contribution is 5.88. The Morgan fingerprint density at radius 3 is 2.25 bits per heavy atom. The highest BCUT2D eigenvalue weighted by Gasteiger charge is 2.56. The fourth-order valence-electron chi connectivity index (χ4n) is 4.47. The Bertz CT molecular complexity index is 690. The summed E-state index contributed by atoms with van der Waals surface area (Å²) in [7, 11) is 0. The quantitative estimate of drug-likeness (QED) is 0.387. The summed E-state index contributed by atoms with van der Waals surface area (Å²) in [5.74, 6) is -1.71. The van der Waals surface area contributed by atoms with Gasteiger partial charge in [0.25, 0.3) is 0 Å². The van der Waals surface area contributed by atoms with E-state index in [0.29, 0.717) is 24.8 Å². The molecule has 0 saturated carbocycles. The Labute approximate surface area is 169 Å². The minimum absolute atomic E-state index is 0.0108. The van der Waals surface area contributed by atoms with Crippen molar-refractivity contribution in [1.82, 2.24) is 0 Å². The molecule has 0 aromatic heterocycles. The molecule has 0 radical (unpaired) electrons. The first-order valence-corrected chi connectivity index (χ1v) is 10.3. The van der Waals surface area contributed by atoms with Crippen molar-refractivity contribution in [3.8, 4) is 0 Å². The highest BCUT2D eigenvalue weighted by atomic mass is 16.8. The summed E-state index contributed by atoms with van der Waals surface area (Å²) in [6.07, 6.45) is 7.90. The topological polar surface area (TPSA) is 76.0 Å². The number of ether oxygens (including phenoxy) is 2. The van der Waals surface area contributed by atoms with Crippen LogP contribution in [-0.2, 0) is 14.3 Å². The number of carboxylic acid groups (broad SMARTS) is 1. The van der Waals surface area contributed by atoms with E-state index in [-0.39, 0.29) is 12.2 Å². The van der Waals surface area contributed by atoms with Gasteiger partial charge < -0.3 is 19.7 Å². The van der Waals surface area contributed by atoms with Crippen LogP contribution in [0, 0.1) is 5.41 Å². The Morgan fingerprint density at radius 1 is 1.25 bits per heavy atom. The van der Waals surface area contributed by atoms with Crippen molar-refractivity contribution in [2.24, 2.45) is 5.41 Å². The first-order chi connectivity index (χ1) is 12.9. The molecule has 1 fully saturated rings. The molecule has 28 heavy (non-hydrogen) atoms. The number of carboxylic acids is 1. The number of carbonyl (C=O) groups is 1. The molecule has 1 aliphatic carbocycles. The Morgan fingerprint density at radius 2 is 1.82 bits per heavy atom. The Hall–Kier alpha value is -1.43. The standard InChI is InChI=1S/C23H36O5/c1-8-10-18(19(9-2)20(24)25)11-12-23(26)15(3)13-22(14-21(23,6)7)27-16(4)17(5)28-22/h11-13,16-17,26H,8-10,14H2,1-7H3,(H,24,25). The second-order valence-corrected chi connectivity index (χ2v) is 8.86. The molecule has 2 rings (SSSR count). The zero-order valence-electron chi connectivity index (χ0n) is 18.3. The number of aliphatic hydroxyl groups is 1. The van der Waals surface area contributed by atoms with Gasteiger partial charge in [-0.15, -0.1) is 0 Å². The fraction of sp³-hybridized carbons (Fsp3) is 0.696. The van der Waals surface area contributed by atoms with Gasteiger partial charge >= 0.3 is 5.97 Å². The van der Waals surface area contributed by atoms with Gasteiger partial charge in [0, 0.05) is 17.4 Å². The van der Waals surface area contributed by atoms with Crippen LogP contribution in [0.3, 0.4) is 0 Å². The van der Waals surface area contributed by atoms with Crippen LogP contribution in [0.25, 0.3) is 0 Å². The van der Waals surface area contributed by atoms with Gasteiger partial charge in [0.1, 0.15) is 5.60 Å². The van der Waals surface area contributed by atoms with E-state index < -0.39 is 22.8 Å². The maximum absolute atomic E-state index is 11.6. The number of hydrogen-bond acceptors (Lipinski definition) is 4. The maximum Gasteiger partial charge on any atom is 0.331 e. The molecule has 2 aliphatic rings. The van der Waals surface area contributed by atoms with E-state index in [1.165, 1.54) is 0 Å². The van der Waals surface area contributed by atoms with Crippen LogP contribution in [0.1, 0.15) is 74.1 Å². The van der Waals surface area contributed by atoms with E-state index in [0.717, 1.165) is 17.6 Å². The van der Waals surface area contributed by atoms with E-state index in [1.54, 1.807) is 12.2 Å². The van der Waals surface area contributed by atoms with Crippen LogP contribution in [0.15, 0.2) is 34.9 Å². The van der Waals surface area contributed by atoms with Gasteiger partial charge in [-0.25, -0.2) is 4.79 Å². The van der Waals surface area contributed by atoms with Crippen LogP contribution in [0.4, 0.5) is 0 Å². The molecule has 5 heteroatoms. The molecule has 0 amide bonds. The molecule has 3 unspecified atom stereocenters. The lowest BCUT2D eigenvalue weighted by molar-refractivity contribution is -0.183. The van der Waals surface area contributed by atoms with E-state index in [9.17, 15) is 15.0 Å². The smallest absolute Gasteiger partial charge is 0.331 e. The summed E-state index contributed by atoms with van der Waals surface area (Å²) in [5.41, 5.74) is 0.157. The highest BCUT2D eigenvalue weighted by Crippen LogP contribution is 2.52. The summed E-state index contributed by atoms with van der Waals surface area (Å²) in [4.78, 5) is 11.6. The molecule has 5 nitrogen and oxygen atoms in total. The normalized spacial score (nSPS) is 35.9. The lowest BCUT2D eigenvalue weighted by Crippen LogP contribution is -2.53. The third-order valence-electron chi connectivity index (χ3n) is 6.23. The summed E-state index contributed by atoms with van der Waals surface area (Å²) in [6.45, 7) is 13.7. The van der Waals surface area contributed by atoms with E-state index >= 15 is 0 Å². The van der Waals surface area contributed by atoms with Gasteiger partial charge in [-0.3, -0.25) is 0 Å². The van der Waals surface area contributed by atoms with E-state index in [2.05, 4.69) is 0 Å². The van der Waals surface area contributed by atoms with Crippen LogP contribution >= 0.6 is 0 Å². The molecule has 1 saturated heterocycles. The number of rotatable bonds is 6. The predicted octanol–water partition coefficient (Wildman–Crippen LogP) is 4.76. The van der Waals surface area contributed by atoms with Gasteiger partial charge in [0.05, 0.1) is 12.2 Å². The van der Waals surface area contributed by atoms with Crippen LogP contribution in [0.5, 0.6) is 0 Å². The SMILES string of the molecule is CCCC(C=CC1(O)C(C)=CC2(CC1(C)C)OC(C)C(C)O2)=C(CC)C(=O)O. The molecule has 1 heterocycles. The predicted molar refractivity (Wildman–Crippen MR) is 110 cm³/mol. The van der Waals surface area contributed by atoms with Crippen molar-refractivity contribution < 1.29 is 24.5 Å². The minimum Gasteiger partial charge on any atom is -0.478 e. The van der Waals surface area contributed by atoms with Crippen LogP contribution in [-0.4, -0.2) is 39.8 Å². The summed E-state index contributed by atoms with van der Waals surface area (Å²) in [5, 5.41) is 21.1. The van der Waals surface area contributed by atoms with Crippen molar-refractivity contribution in [2.45, 2.75) is 97.7 Å². The molecule has 2 N–H and O–H groups in total. The molecule has 3 atom stereocenters. The average molecular weight is 393 g/mol. The summed E-state index contributed by atoms with van der Waals surface area (Å²) < 4.78 is 12.3. The van der Waals surface area contributed by atoms with Crippen LogP contribution < -0.4 is 0 Å². The van der Waals surface area contributed by atoms with Crippen molar-refractivity contribution in [1.29, 1.82) is 0 Å². The Balaban J connectivity index is 2.46. The van der Waals surface area contributed by atoms with E-state index in [1.807, 2.05) is 54.5 Å². The lowest BCUT2D eigenvalue weighted by atomic mass is 9.63. The largest absolute Gasteiger partial charge is 0.478 e. The van der Waals surface area contributed by atoms with Gasteiger partial charge in [-0.05, 0) is 56.9 Å². The molecule has 1 aliphatic heterocycles. The van der Waals surface area contributed by atoms with Gasteiger partial charge in [-0.2, -0.15) is 0 Å². The number of hydrogen-bond donors (Lipinski definition) is 2. The Kier molecular flexibility index (Phi) is 6.64. The summed E-state index contributed by atoms with van der Waals surface area (Å²) in [6, 6.07) is 0. The zero-order chi connectivity index (χ0) is 21.3. The third kappa shape index (κ3) is 4.12. The van der Waals surface area contributed by atoms with Gasteiger partial charge in [-0.1, -0.05) is 40.2 Å². The maximum atomic E-state index is 11.6. The first kappa shape index (κ1) is 22.9. The van der Waals surface area contributed by atoms with Gasteiger partial charge in [0.2, 0.25) is 0 Å². The van der Waals surface area contributed by atoms with Crippen LogP contribution in [0.2, 0.25) is 0 Å². The van der Waals surface area contributed by atoms with Crippen molar-refractivity contribution in [3.05, 3.63) is 34.9 Å². The molecule has 0 aromatic rings. The second-order valence-electron chi connectivity index (χ2n) is 8.86. The fourth-order valence-corrected chi connectivity index (χ4v) is 4.47. The average Bonchev–Trinajstić information content (AvgIpc) is 2.83.